The summed E-state index contributed by atoms with van der Waals surface area (Å²) in [4.78, 5) is 0.889. The third-order valence-corrected chi connectivity index (χ3v) is 5.65. The molecule has 3 rings (SSSR count). The van der Waals surface area contributed by atoms with Gasteiger partial charge in [0.1, 0.15) is 17.1 Å². The number of rotatable bonds is 8. The van der Waals surface area contributed by atoms with Gasteiger partial charge in [-0.25, -0.2) is 0 Å². The summed E-state index contributed by atoms with van der Waals surface area (Å²) in [5, 5.41) is 11.3. The largest absolute Gasteiger partial charge is 0.493 e. The lowest BCUT2D eigenvalue weighted by molar-refractivity contribution is 0.324. The number of benzene rings is 2. The van der Waals surface area contributed by atoms with Crippen molar-refractivity contribution in [2.45, 2.75) is 4.90 Å². The Hall–Kier alpha value is -2.64. The lowest BCUT2D eigenvalue weighted by Gasteiger charge is -2.15. The maximum absolute atomic E-state index is 12.2. The minimum absolute atomic E-state index is 0.496. The fourth-order valence-electron chi connectivity index (χ4n) is 2.98. The zero-order valence-corrected chi connectivity index (χ0v) is 19.4. The van der Waals surface area contributed by atoms with Crippen molar-refractivity contribution in [1.29, 1.82) is 0 Å². The van der Waals surface area contributed by atoms with Crippen LogP contribution >= 0.6 is 19.1 Å². The van der Waals surface area contributed by atoms with Crippen LogP contribution in [-0.4, -0.2) is 56.3 Å². The third kappa shape index (κ3) is 4.57. The average Bonchev–Trinajstić information content (AvgIpc) is 3.21. The van der Waals surface area contributed by atoms with Crippen molar-refractivity contribution in [3.05, 3.63) is 30.3 Å². The molecule has 0 saturated heterocycles. The van der Waals surface area contributed by atoms with Crippen LogP contribution < -0.4 is 18.7 Å². The van der Waals surface area contributed by atoms with Crippen LogP contribution in [0, 0.1) is 0 Å². The Morgan fingerprint density at radius 2 is 1.43 bits per heavy atom. The zero-order valence-electron chi connectivity index (χ0n) is 17.7. The molecule has 2 aromatic carbocycles. The van der Waals surface area contributed by atoms with Crippen molar-refractivity contribution < 1.29 is 23.3 Å². The summed E-state index contributed by atoms with van der Waals surface area (Å²) >= 11 is 1.52. The van der Waals surface area contributed by atoms with Gasteiger partial charge in [-0.2, -0.15) is 15.4 Å². The molecule has 160 valence electrons. The molecule has 0 amide bonds. The van der Waals surface area contributed by atoms with E-state index in [0.29, 0.717) is 34.4 Å². The lowest BCUT2D eigenvalue weighted by atomic mass is 10.0. The summed E-state index contributed by atoms with van der Waals surface area (Å²) in [7, 11) is 1.94. The van der Waals surface area contributed by atoms with Crippen molar-refractivity contribution in [2.24, 2.45) is 0 Å². The van der Waals surface area contributed by atoms with Gasteiger partial charge < -0.3 is 18.7 Å². The van der Waals surface area contributed by atoms with E-state index in [9.17, 15) is 4.57 Å². The molecular weight excluding hydrogens is 425 g/mol. The van der Waals surface area contributed by atoms with E-state index in [1.54, 1.807) is 34.7 Å². The molecule has 0 unspecified atom stereocenters. The first kappa shape index (κ1) is 22.1. The third-order valence-electron chi connectivity index (χ3n) is 4.24. The molecule has 0 aliphatic carbocycles. The maximum atomic E-state index is 12.2. The van der Waals surface area contributed by atoms with Crippen LogP contribution in [0.2, 0.25) is 0 Å². The Morgan fingerprint density at radius 3 is 1.93 bits per heavy atom. The monoisotopic (exact) mass is 449 g/mol. The van der Waals surface area contributed by atoms with Crippen LogP contribution in [0.25, 0.3) is 22.5 Å². The van der Waals surface area contributed by atoms with Gasteiger partial charge in [0.2, 0.25) is 13.1 Å². The zero-order chi connectivity index (χ0) is 21.9. The molecule has 1 aromatic heterocycles. The number of thioether (sulfide) groups is 1. The SMILES string of the molecule is COc1cc(-c2n[nH]nc2-c2ccc(SC)c(OP(C)(C)=O)c2)cc(OC)c1OC. The van der Waals surface area contributed by atoms with Crippen LogP contribution in [0.4, 0.5) is 0 Å². The molecule has 0 bridgehead atoms. The fourth-order valence-corrected chi connectivity index (χ4v) is 4.18. The van der Waals surface area contributed by atoms with Crippen molar-refractivity contribution in [1.82, 2.24) is 15.4 Å². The van der Waals surface area contributed by atoms with Crippen molar-refractivity contribution in [3.63, 3.8) is 0 Å². The second kappa shape index (κ2) is 9.02. The van der Waals surface area contributed by atoms with Crippen LogP contribution in [0.15, 0.2) is 35.2 Å². The van der Waals surface area contributed by atoms with Gasteiger partial charge in [-0.3, -0.25) is 4.57 Å². The molecule has 1 heterocycles. The molecule has 8 nitrogen and oxygen atoms in total. The van der Waals surface area contributed by atoms with Crippen LogP contribution in [0.3, 0.4) is 0 Å². The Kier molecular flexibility index (Phi) is 6.63. The van der Waals surface area contributed by atoms with E-state index < -0.39 is 7.37 Å². The van der Waals surface area contributed by atoms with Gasteiger partial charge in [0.25, 0.3) is 0 Å². The number of hydrogen-bond donors (Lipinski definition) is 1. The molecule has 0 radical (unpaired) electrons. The highest BCUT2D eigenvalue weighted by molar-refractivity contribution is 7.98. The van der Waals surface area contributed by atoms with Gasteiger partial charge in [0, 0.05) is 29.4 Å². The van der Waals surface area contributed by atoms with E-state index >= 15 is 0 Å². The molecule has 0 aliphatic rings. The Morgan fingerprint density at radius 1 is 0.867 bits per heavy atom. The van der Waals surface area contributed by atoms with E-state index in [0.717, 1.165) is 16.0 Å². The number of nitrogens with zero attached hydrogens (tertiary/aromatic N) is 2. The lowest BCUT2D eigenvalue weighted by Crippen LogP contribution is -1.96. The van der Waals surface area contributed by atoms with E-state index in [4.69, 9.17) is 18.7 Å². The Bertz CT molecular complexity index is 1070. The van der Waals surface area contributed by atoms with Crippen molar-refractivity contribution in [3.8, 4) is 45.5 Å². The molecule has 0 spiro atoms. The predicted octanol–water partition coefficient (Wildman–Crippen LogP) is 4.80. The van der Waals surface area contributed by atoms with Gasteiger partial charge in [0.15, 0.2) is 11.5 Å². The summed E-state index contributed by atoms with van der Waals surface area (Å²) in [5.41, 5.74) is 2.73. The van der Waals surface area contributed by atoms with E-state index in [2.05, 4.69) is 15.4 Å². The van der Waals surface area contributed by atoms with Gasteiger partial charge in [-0.1, -0.05) is 6.07 Å². The van der Waals surface area contributed by atoms with E-state index in [-0.39, 0.29) is 0 Å². The first-order chi connectivity index (χ1) is 14.3. The van der Waals surface area contributed by atoms with Crippen molar-refractivity contribution >= 4 is 19.1 Å². The second-order valence-electron chi connectivity index (χ2n) is 6.64. The quantitative estimate of drug-likeness (QED) is 0.387. The van der Waals surface area contributed by atoms with E-state index in [1.807, 2.05) is 36.6 Å². The highest BCUT2D eigenvalue weighted by atomic mass is 32.2. The summed E-state index contributed by atoms with van der Waals surface area (Å²) < 4.78 is 34.3. The number of methoxy groups -OCH3 is 3. The minimum Gasteiger partial charge on any atom is -0.493 e. The molecule has 30 heavy (non-hydrogen) atoms. The molecule has 0 atom stereocenters. The summed E-state index contributed by atoms with van der Waals surface area (Å²) in [6, 6.07) is 9.28. The molecule has 0 saturated carbocycles. The fraction of sp³-hybridized carbons (Fsp3) is 0.300. The minimum atomic E-state index is -2.73. The predicted molar refractivity (Wildman–Crippen MR) is 119 cm³/mol. The summed E-state index contributed by atoms with van der Waals surface area (Å²) in [5.74, 6) is 2.07. The molecule has 0 aliphatic heterocycles. The number of aromatic nitrogens is 3. The van der Waals surface area contributed by atoms with Gasteiger partial charge in [-0.05, 0) is 30.5 Å². The van der Waals surface area contributed by atoms with E-state index in [1.165, 1.54) is 11.8 Å². The molecule has 1 N–H and O–H groups in total. The van der Waals surface area contributed by atoms with Gasteiger partial charge in [-0.15, -0.1) is 11.8 Å². The molecule has 10 heteroatoms. The summed E-state index contributed by atoms with van der Waals surface area (Å²) in [6.45, 7) is 3.17. The van der Waals surface area contributed by atoms with Crippen LogP contribution in [-0.2, 0) is 4.57 Å². The number of ether oxygens (including phenoxy) is 3. The molecule has 3 aromatic rings. The Labute approximate surface area is 179 Å². The average molecular weight is 449 g/mol. The summed E-state index contributed by atoms with van der Waals surface area (Å²) in [6.07, 6.45) is 1.94. The number of H-pyrrole nitrogens is 1. The molecular formula is C20H24N3O5PS. The standard InChI is InChI=1S/C20H24N3O5PS/c1-25-15-10-13(11-16(26-2)20(15)27-3)19-18(21-23-22-19)12-7-8-17(30-6)14(9-12)28-29(4,5)24/h7-11H,1-6H3,(H,21,22,23). The highest BCUT2D eigenvalue weighted by Gasteiger charge is 2.20. The normalized spacial score (nSPS) is 11.3. The highest BCUT2D eigenvalue weighted by Crippen LogP contribution is 2.45. The van der Waals surface area contributed by atoms with Gasteiger partial charge in [0.05, 0.1) is 21.3 Å². The first-order valence-corrected chi connectivity index (χ1v) is 12.7. The van der Waals surface area contributed by atoms with Gasteiger partial charge >= 0.3 is 0 Å². The maximum Gasteiger partial charge on any atom is 0.242 e. The number of hydrogen-bond acceptors (Lipinski definition) is 8. The first-order valence-electron chi connectivity index (χ1n) is 8.95. The van der Waals surface area contributed by atoms with Crippen LogP contribution in [0.5, 0.6) is 23.0 Å². The molecule has 0 fully saturated rings. The van der Waals surface area contributed by atoms with Crippen molar-refractivity contribution in [2.75, 3.05) is 40.9 Å². The smallest absolute Gasteiger partial charge is 0.242 e. The number of aromatic amines is 1. The Balaban J connectivity index is 2.13. The number of nitrogens with one attached hydrogen (secondary N) is 1. The van der Waals surface area contributed by atoms with Crippen LogP contribution in [0.1, 0.15) is 0 Å². The second-order valence-corrected chi connectivity index (χ2v) is 10.2. The topological polar surface area (TPSA) is 95.6 Å².